The van der Waals surface area contributed by atoms with Crippen molar-refractivity contribution in [3.63, 3.8) is 0 Å². The van der Waals surface area contributed by atoms with Crippen LogP contribution in [0.5, 0.6) is 11.5 Å². The molecule has 4 rings (SSSR count). The van der Waals surface area contributed by atoms with Gasteiger partial charge >= 0.3 is 0 Å². The van der Waals surface area contributed by atoms with Crippen molar-refractivity contribution in [2.45, 2.75) is 38.3 Å². The van der Waals surface area contributed by atoms with Crippen LogP contribution in [0.1, 0.15) is 22.3 Å². The van der Waals surface area contributed by atoms with E-state index in [2.05, 4.69) is 68.3 Å². The molecule has 0 radical (unpaired) electrons. The summed E-state index contributed by atoms with van der Waals surface area (Å²) in [7, 11) is 3.46. The smallest absolute Gasteiger partial charge is 0.137 e. The van der Waals surface area contributed by atoms with E-state index in [0.29, 0.717) is 26.1 Å². The van der Waals surface area contributed by atoms with Gasteiger partial charge in [-0.25, -0.2) is 0 Å². The van der Waals surface area contributed by atoms with Crippen LogP contribution in [-0.4, -0.2) is 26.4 Å². The minimum Gasteiger partial charge on any atom is -0.487 e. The van der Waals surface area contributed by atoms with Crippen LogP contribution in [-0.2, 0) is 35.5 Å². The number of halogens is 2. The van der Waals surface area contributed by atoms with Gasteiger partial charge in [-0.1, -0.05) is 84.9 Å². The standard InChI is InChI=1S/C32H32Br2O4/c1-35-29(19-25-15-9-17-27(33)31(25)37-21-23-11-5-3-6-12-23)30(36-2)20-26-16-10-18-28(34)32(26)38-22-24-13-7-4-8-14-24/h3-18,29-30H,19-22H2,1-2H3/t29-,30-/m1/s1. The van der Waals surface area contributed by atoms with Gasteiger partial charge in [0.25, 0.3) is 0 Å². The molecule has 0 aromatic heterocycles. The van der Waals surface area contributed by atoms with Gasteiger partial charge in [-0.05, 0) is 66.2 Å². The molecule has 0 heterocycles. The molecule has 198 valence electrons. The molecule has 0 saturated carbocycles. The monoisotopic (exact) mass is 638 g/mol. The third-order valence-corrected chi connectivity index (χ3v) is 7.66. The molecule has 4 aromatic rings. The maximum atomic E-state index is 6.27. The van der Waals surface area contributed by atoms with E-state index < -0.39 is 0 Å². The van der Waals surface area contributed by atoms with Gasteiger partial charge in [0.2, 0.25) is 0 Å². The van der Waals surface area contributed by atoms with E-state index in [9.17, 15) is 0 Å². The quantitative estimate of drug-likeness (QED) is 0.148. The van der Waals surface area contributed by atoms with E-state index in [1.165, 1.54) is 0 Å². The third kappa shape index (κ3) is 7.70. The average molecular weight is 640 g/mol. The number of rotatable bonds is 13. The summed E-state index contributed by atoms with van der Waals surface area (Å²) >= 11 is 7.35. The van der Waals surface area contributed by atoms with Gasteiger partial charge in [0.05, 0.1) is 21.2 Å². The molecule has 0 fully saturated rings. The van der Waals surface area contributed by atoms with Crippen molar-refractivity contribution >= 4 is 31.9 Å². The first-order valence-corrected chi connectivity index (χ1v) is 14.1. The maximum absolute atomic E-state index is 6.27. The molecular weight excluding hydrogens is 608 g/mol. The number of hydrogen-bond donors (Lipinski definition) is 0. The summed E-state index contributed by atoms with van der Waals surface area (Å²) in [6.45, 7) is 0.976. The van der Waals surface area contributed by atoms with Gasteiger partial charge in [-0.15, -0.1) is 0 Å². The summed E-state index contributed by atoms with van der Waals surface area (Å²) in [6, 6.07) is 32.5. The van der Waals surface area contributed by atoms with Crippen LogP contribution in [0, 0.1) is 0 Å². The molecule has 0 bridgehead atoms. The third-order valence-electron chi connectivity index (χ3n) is 6.41. The molecule has 4 aromatic carbocycles. The molecule has 0 spiro atoms. The zero-order chi connectivity index (χ0) is 26.7. The second-order valence-corrected chi connectivity index (χ2v) is 10.7. The minimum atomic E-state index is -0.200. The molecule has 6 heteroatoms. The highest BCUT2D eigenvalue weighted by atomic mass is 79.9. The number of hydrogen-bond acceptors (Lipinski definition) is 4. The van der Waals surface area contributed by atoms with Crippen LogP contribution in [0.4, 0.5) is 0 Å². The van der Waals surface area contributed by atoms with Gasteiger partial charge in [0, 0.05) is 27.1 Å². The minimum absolute atomic E-state index is 0.200. The molecule has 4 nitrogen and oxygen atoms in total. The maximum Gasteiger partial charge on any atom is 0.137 e. The van der Waals surface area contributed by atoms with Gasteiger partial charge in [-0.3, -0.25) is 0 Å². The van der Waals surface area contributed by atoms with Crippen molar-refractivity contribution in [1.82, 2.24) is 0 Å². The van der Waals surface area contributed by atoms with Crippen LogP contribution in [0.3, 0.4) is 0 Å². The SMILES string of the molecule is CO[C@H](Cc1cccc(Br)c1OCc1ccccc1)[C@@H](Cc1cccc(Br)c1OCc1ccccc1)OC. The van der Waals surface area contributed by atoms with E-state index in [-0.39, 0.29) is 12.2 Å². The van der Waals surface area contributed by atoms with Gasteiger partial charge in [-0.2, -0.15) is 0 Å². The topological polar surface area (TPSA) is 36.9 Å². The lowest BCUT2D eigenvalue weighted by Gasteiger charge is -2.27. The molecule has 0 aliphatic rings. The molecule has 0 unspecified atom stereocenters. The Morgan fingerprint density at radius 1 is 0.526 bits per heavy atom. The second-order valence-electron chi connectivity index (χ2n) is 8.96. The van der Waals surface area contributed by atoms with Crippen molar-refractivity contribution in [2.24, 2.45) is 0 Å². The lowest BCUT2D eigenvalue weighted by molar-refractivity contribution is -0.0351. The normalized spacial score (nSPS) is 12.6. The van der Waals surface area contributed by atoms with Crippen molar-refractivity contribution in [2.75, 3.05) is 14.2 Å². The highest BCUT2D eigenvalue weighted by Gasteiger charge is 2.26. The van der Waals surface area contributed by atoms with E-state index in [1.807, 2.05) is 60.7 Å². The molecule has 0 saturated heterocycles. The van der Waals surface area contributed by atoms with E-state index in [1.54, 1.807) is 14.2 Å². The van der Waals surface area contributed by atoms with Crippen molar-refractivity contribution in [3.8, 4) is 11.5 Å². The summed E-state index contributed by atoms with van der Waals surface area (Å²) < 4.78 is 26.3. The summed E-state index contributed by atoms with van der Waals surface area (Å²) in [4.78, 5) is 0. The lowest BCUT2D eigenvalue weighted by atomic mass is 9.97. The Balaban J connectivity index is 1.50. The Bertz CT molecular complexity index is 1180. The molecule has 0 N–H and O–H groups in total. The average Bonchev–Trinajstić information content (AvgIpc) is 2.95. The number of benzene rings is 4. The fourth-order valence-corrected chi connectivity index (χ4v) is 5.42. The van der Waals surface area contributed by atoms with Gasteiger partial charge in [0.1, 0.15) is 24.7 Å². The molecule has 0 amide bonds. The Morgan fingerprint density at radius 3 is 1.29 bits per heavy atom. The first kappa shape index (κ1) is 28.4. The summed E-state index contributed by atoms with van der Waals surface area (Å²) in [5.41, 5.74) is 4.34. The molecule has 38 heavy (non-hydrogen) atoms. The van der Waals surface area contributed by atoms with Crippen LogP contribution < -0.4 is 9.47 Å². The fraction of sp³-hybridized carbons (Fsp3) is 0.250. The van der Waals surface area contributed by atoms with Crippen molar-refractivity contribution in [1.29, 1.82) is 0 Å². The first-order valence-electron chi connectivity index (χ1n) is 12.5. The van der Waals surface area contributed by atoms with E-state index >= 15 is 0 Å². The zero-order valence-corrected chi connectivity index (χ0v) is 24.8. The predicted molar refractivity (Wildman–Crippen MR) is 159 cm³/mol. The predicted octanol–water partition coefficient (Wildman–Crippen LogP) is 8.18. The summed E-state index contributed by atoms with van der Waals surface area (Å²) in [5.74, 6) is 1.64. The molecular formula is C32H32Br2O4. The highest BCUT2D eigenvalue weighted by molar-refractivity contribution is 9.10. The largest absolute Gasteiger partial charge is 0.487 e. The number of para-hydroxylation sites is 2. The molecule has 2 atom stereocenters. The highest BCUT2D eigenvalue weighted by Crippen LogP contribution is 2.34. The summed E-state index contributed by atoms with van der Waals surface area (Å²) in [6.07, 6.45) is 0.864. The van der Waals surface area contributed by atoms with Crippen LogP contribution in [0.2, 0.25) is 0 Å². The molecule has 0 aliphatic carbocycles. The molecule has 0 aliphatic heterocycles. The van der Waals surface area contributed by atoms with Crippen LogP contribution in [0.15, 0.2) is 106 Å². The lowest BCUT2D eigenvalue weighted by Crippen LogP contribution is -2.34. The van der Waals surface area contributed by atoms with E-state index in [4.69, 9.17) is 18.9 Å². The second kappa shape index (κ2) is 14.5. The Labute approximate surface area is 242 Å². The fourth-order valence-electron chi connectivity index (χ4n) is 4.38. The van der Waals surface area contributed by atoms with E-state index in [0.717, 1.165) is 42.7 Å². The number of ether oxygens (including phenoxy) is 4. The van der Waals surface area contributed by atoms with Gasteiger partial charge < -0.3 is 18.9 Å². The van der Waals surface area contributed by atoms with Gasteiger partial charge in [0.15, 0.2) is 0 Å². The first-order chi connectivity index (χ1) is 18.6. The zero-order valence-electron chi connectivity index (χ0n) is 21.6. The Morgan fingerprint density at radius 2 is 0.921 bits per heavy atom. The summed E-state index contributed by atoms with van der Waals surface area (Å²) in [5, 5.41) is 0. The van der Waals surface area contributed by atoms with Crippen LogP contribution in [0.25, 0.3) is 0 Å². The Kier molecular flexibility index (Phi) is 10.8. The van der Waals surface area contributed by atoms with Crippen molar-refractivity contribution in [3.05, 3.63) is 128 Å². The number of methoxy groups -OCH3 is 2. The Hall–Kier alpha value is -2.64. The van der Waals surface area contributed by atoms with Crippen molar-refractivity contribution < 1.29 is 18.9 Å². The van der Waals surface area contributed by atoms with Crippen LogP contribution >= 0.6 is 31.9 Å².